The van der Waals surface area contributed by atoms with Gasteiger partial charge in [0.05, 0.1) is 6.10 Å². The lowest BCUT2D eigenvalue weighted by atomic mass is 9.81. The summed E-state index contributed by atoms with van der Waals surface area (Å²) in [5.41, 5.74) is 4.42. The molecule has 0 fully saturated rings. The van der Waals surface area contributed by atoms with E-state index in [1.54, 1.807) is 5.57 Å². The van der Waals surface area contributed by atoms with E-state index in [2.05, 4.69) is 60.0 Å². The number of halogens is 1. The third kappa shape index (κ3) is 8.48. The van der Waals surface area contributed by atoms with Crippen molar-refractivity contribution in [2.75, 3.05) is 14.2 Å². The number of methoxy groups -OCH3 is 1. The van der Waals surface area contributed by atoms with Crippen molar-refractivity contribution in [1.29, 1.82) is 0 Å². The van der Waals surface area contributed by atoms with Crippen molar-refractivity contribution in [2.45, 2.75) is 92.1 Å². The van der Waals surface area contributed by atoms with Crippen LogP contribution in [0, 0.1) is 17.8 Å². The predicted molar refractivity (Wildman–Crippen MR) is 118 cm³/mol. The molecule has 0 aromatic carbocycles. The summed E-state index contributed by atoms with van der Waals surface area (Å²) < 4.78 is 5.74. The third-order valence-electron chi connectivity index (χ3n) is 5.93. The summed E-state index contributed by atoms with van der Waals surface area (Å²) in [5, 5.41) is 3.47. The van der Waals surface area contributed by atoms with Gasteiger partial charge in [-0.2, -0.15) is 0 Å². The van der Waals surface area contributed by atoms with E-state index < -0.39 is 0 Å². The normalized spacial score (nSPS) is 19.4. The van der Waals surface area contributed by atoms with Gasteiger partial charge in [-0.25, -0.2) is 0 Å². The third-order valence-corrected chi connectivity index (χ3v) is 6.67. The van der Waals surface area contributed by atoms with Crippen LogP contribution in [-0.4, -0.2) is 25.6 Å². The van der Waals surface area contributed by atoms with Gasteiger partial charge in [0.1, 0.15) is 0 Å². The number of nitrogens with one attached hydrogen (secondary N) is 1. The van der Waals surface area contributed by atoms with Crippen LogP contribution in [0.4, 0.5) is 0 Å². The maximum atomic E-state index is 6.49. The summed E-state index contributed by atoms with van der Waals surface area (Å²) in [7, 11) is 3.78. The molecule has 0 aromatic rings. The molecular weight excluding hydrogens is 342 g/mol. The SMILES string of the molecule is CCC(C)C/C(CCC(C)C(Cl)CC)=C(/C)C(/C(C)=C\NC)C(C)OC. The second-order valence-electron chi connectivity index (χ2n) is 8.04. The minimum absolute atomic E-state index is 0.167. The van der Waals surface area contributed by atoms with Gasteiger partial charge in [-0.15, -0.1) is 11.6 Å². The van der Waals surface area contributed by atoms with Crippen molar-refractivity contribution in [3.05, 3.63) is 22.9 Å². The molecule has 0 bridgehead atoms. The van der Waals surface area contributed by atoms with Crippen LogP contribution in [0.25, 0.3) is 0 Å². The van der Waals surface area contributed by atoms with Crippen molar-refractivity contribution in [1.82, 2.24) is 5.32 Å². The maximum absolute atomic E-state index is 6.49. The molecule has 26 heavy (non-hydrogen) atoms. The Bertz CT molecular complexity index is 443. The standard InChI is InChI=1S/C23H44ClNO/c1-10-16(3)14-21(13-12-17(4)22(24)11-2)19(6)23(20(7)26-9)18(5)15-25-8/h15-17,20,22-23,25H,10-14H2,1-9H3/b18-15-,21-19-. The van der Waals surface area contributed by atoms with Gasteiger partial charge in [0.25, 0.3) is 0 Å². The Hall–Kier alpha value is -0.470. The molecule has 0 aliphatic heterocycles. The van der Waals surface area contributed by atoms with Crippen molar-refractivity contribution in [3.8, 4) is 0 Å². The summed E-state index contributed by atoms with van der Waals surface area (Å²) in [6.07, 6.45) is 8.01. The molecular formula is C23H44ClNO. The molecule has 0 amide bonds. The summed E-state index contributed by atoms with van der Waals surface area (Å²) >= 11 is 6.49. The fourth-order valence-corrected chi connectivity index (χ4v) is 3.87. The van der Waals surface area contributed by atoms with Gasteiger partial charge < -0.3 is 10.1 Å². The number of ether oxygens (including phenoxy) is 1. The molecule has 5 atom stereocenters. The van der Waals surface area contributed by atoms with E-state index in [4.69, 9.17) is 16.3 Å². The average molecular weight is 386 g/mol. The number of hydrogen-bond acceptors (Lipinski definition) is 2. The molecule has 0 radical (unpaired) electrons. The summed E-state index contributed by atoms with van der Waals surface area (Å²) in [6, 6.07) is 0. The van der Waals surface area contributed by atoms with Crippen LogP contribution >= 0.6 is 11.6 Å². The van der Waals surface area contributed by atoms with Crippen LogP contribution in [-0.2, 0) is 4.74 Å². The van der Waals surface area contributed by atoms with Gasteiger partial charge in [0.2, 0.25) is 0 Å². The highest BCUT2D eigenvalue weighted by atomic mass is 35.5. The van der Waals surface area contributed by atoms with Gasteiger partial charge >= 0.3 is 0 Å². The Morgan fingerprint density at radius 2 is 1.73 bits per heavy atom. The van der Waals surface area contributed by atoms with E-state index >= 15 is 0 Å². The van der Waals surface area contributed by atoms with E-state index in [-0.39, 0.29) is 11.5 Å². The van der Waals surface area contributed by atoms with Crippen molar-refractivity contribution in [2.24, 2.45) is 17.8 Å². The first-order valence-electron chi connectivity index (χ1n) is 10.4. The number of rotatable bonds is 13. The Labute approximate surface area is 168 Å². The zero-order valence-corrected chi connectivity index (χ0v) is 19.5. The van der Waals surface area contributed by atoms with Gasteiger partial charge in [0, 0.05) is 25.5 Å². The highest BCUT2D eigenvalue weighted by Gasteiger charge is 2.24. The van der Waals surface area contributed by atoms with Crippen LogP contribution in [0.2, 0.25) is 0 Å². The smallest absolute Gasteiger partial charge is 0.0646 e. The molecule has 0 aliphatic carbocycles. The van der Waals surface area contributed by atoms with Crippen LogP contribution in [0.15, 0.2) is 22.9 Å². The lowest BCUT2D eigenvalue weighted by Gasteiger charge is -2.29. The number of alkyl halides is 1. The topological polar surface area (TPSA) is 21.3 Å². The highest BCUT2D eigenvalue weighted by molar-refractivity contribution is 6.20. The molecule has 0 aliphatic rings. The summed E-state index contributed by atoms with van der Waals surface area (Å²) in [5.74, 6) is 1.58. The van der Waals surface area contributed by atoms with Crippen LogP contribution < -0.4 is 5.32 Å². The Morgan fingerprint density at radius 3 is 2.19 bits per heavy atom. The first-order chi connectivity index (χ1) is 12.2. The first kappa shape index (κ1) is 25.5. The second kappa shape index (κ2) is 13.7. The largest absolute Gasteiger partial charge is 0.394 e. The van der Waals surface area contributed by atoms with Gasteiger partial charge in [-0.3, -0.25) is 0 Å². The monoisotopic (exact) mass is 385 g/mol. The van der Waals surface area contributed by atoms with E-state index in [1.807, 2.05) is 14.2 Å². The minimum Gasteiger partial charge on any atom is -0.394 e. The maximum Gasteiger partial charge on any atom is 0.0646 e. The Balaban J connectivity index is 5.69. The fourth-order valence-electron chi connectivity index (χ4n) is 3.75. The predicted octanol–water partition coefficient (Wildman–Crippen LogP) is 6.95. The highest BCUT2D eigenvalue weighted by Crippen LogP contribution is 2.34. The molecule has 0 saturated heterocycles. The first-order valence-corrected chi connectivity index (χ1v) is 10.9. The summed E-state index contributed by atoms with van der Waals surface area (Å²) in [6.45, 7) is 15.8. The van der Waals surface area contributed by atoms with E-state index in [0.717, 1.165) is 19.3 Å². The van der Waals surface area contributed by atoms with Gasteiger partial charge in [0.15, 0.2) is 0 Å². The van der Waals surface area contributed by atoms with Gasteiger partial charge in [-0.1, -0.05) is 45.3 Å². The molecule has 0 aromatic heterocycles. The number of allylic oxidation sites excluding steroid dienone is 1. The zero-order chi connectivity index (χ0) is 20.3. The van der Waals surface area contributed by atoms with Crippen molar-refractivity contribution >= 4 is 11.6 Å². The van der Waals surface area contributed by atoms with E-state index in [9.17, 15) is 0 Å². The lowest BCUT2D eigenvalue weighted by molar-refractivity contribution is 0.0907. The molecule has 2 nitrogen and oxygen atoms in total. The zero-order valence-electron chi connectivity index (χ0n) is 18.8. The molecule has 5 unspecified atom stereocenters. The molecule has 0 spiro atoms. The molecule has 0 saturated carbocycles. The molecule has 1 N–H and O–H groups in total. The second-order valence-corrected chi connectivity index (χ2v) is 8.60. The van der Waals surface area contributed by atoms with Crippen LogP contribution in [0.5, 0.6) is 0 Å². The minimum atomic E-state index is 0.167. The van der Waals surface area contributed by atoms with Crippen molar-refractivity contribution < 1.29 is 4.74 Å². The average Bonchev–Trinajstić information content (AvgIpc) is 2.63. The Kier molecular flexibility index (Phi) is 13.4. The lowest BCUT2D eigenvalue weighted by Crippen LogP contribution is -2.24. The Morgan fingerprint density at radius 1 is 1.12 bits per heavy atom. The summed E-state index contributed by atoms with van der Waals surface area (Å²) in [4.78, 5) is 0. The molecule has 154 valence electrons. The molecule has 0 heterocycles. The van der Waals surface area contributed by atoms with Crippen molar-refractivity contribution in [3.63, 3.8) is 0 Å². The number of hydrogen-bond donors (Lipinski definition) is 1. The van der Waals surface area contributed by atoms with Crippen LogP contribution in [0.3, 0.4) is 0 Å². The van der Waals surface area contributed by atoms with E-state index in [0.29, 0.717) is 17.8 Å². The van der Waals surface area contributed by atoms with Crippen LogP contribution in [0.1, 0.15) is 80.6 Å². The molecule has 0 rings (SSSR count). The quantitative estimate of drug-likeness (QED) is 0.273. The van der Waals surface area contributed by atoms with Gasteiger partial charge in [-0.05, 0) is 70.1 Å². The fraction of sp³-hybridized carbons (Fsp3) is 0.826. The van der Waals surface area contributed by atoms with E-state index in [1.165, 1.54) is 24.0 Å². The molecule has 3 heteroatoms.